The van der Waals surface area contributed by atoms with Gasteiger partial charge in [-0.25, -0.2) is 4.98 Å². The first-order valence-electron chi connectivity index (χ1n) is 5.79. The first-order valence-corrected chi connectivity index (χ1v) is 6.17. The van der Waals surface area contributed by atoms with E-state index in [1.807, 2.05) is 0 Å². The molecule has 0 spiro atoms. The van der Waals surface area contributed by atoms with Crippen molar-refractivity contribution in [2.45, 2.75) is 25.6 Å². The predicted octanol–water partition coefficient (Wildman–Crippen LogP) is 1.70. The third kappa shape index (κ3) is 3.31. The fraction of sp³-hybridized carbons (Fsp3) is 0.583. The Morgan fingerprint density at radius 1 is 1.53 bits per heavy atom. The molecule has 1 fully saturated rings. The van der Waals surface area contributed by atoms with Crippen LogP contribution in [-0.2, 0) is 6.61 Å². The van der Waals surface area contributed by atoms with Gasteiger partial charge in [-0.05, 0) is 19.9 Å². The van der Waals surface area contributed by atoms with Crippen molar-refractivity contribution in [3.05, 3.63) is 22.8 Å². The molecule has 0 bridgehead atoms. The Balaban J connectivity index is 1.99. The van der Waals surface area contributed by atoms with E-state index in [0.29, 0.717) is 16.5 Å². The standard InChI is InChI=1S/C12H17ClN2O2/c1-15-4-2-10(3-5-15)17-12-6-9(8-16)11(13)7-14-12/h6-7,10,16H,2-5,8H2,1H3. The maximum Gasteiger partial charge on any atom is 0.213 e. The van der Waals surface area contributed by atoms with Gasteiger partial charge in [-0.2, -0.15) is 0 Å². The van der Waals surface area contributed by atoms with Gasteiger partial charge in [0.25, 0.3) is 0 Å². The number of halogens is 1. The lowest BCUT2D eigenvalue weighted by atomic mass is 10.1. The van der Waals surface area contributed by atoms with Crippen LogP contribution in [0.25, 0.3) is 0 Å². The molecular formula is C12H17ClN2O2. The summed E-state index contributed by atoms with van der Waals surface area (Å²) in [6, 6.07) is 1.71. The number of nitrogens with zero attached hydrogens (tertiary/aromatic N) is 2. The average molecular weight is 257 g/mol. The minimum absolute atomic E-state index is 0.0921. The molecule has 1 N–H and O–H groups in total. The number of rotatable bonds is 3. The van der Waals surface area contributed by atoms with Crippen molar-refractivity contribution in [2.75, 3.05) is 20.1 Å². The number of piperidine rings is 1. The highest BCUT2D eigenvalue weighted by molar-refractivity contribution is 6.31. The highest BCUT2D eigenvalue weighted by atomic mass is 35.5. The van der Waals surface area contributed by atoms with Crippen molar-refractivity contribution < 1.29 is 9.84 Å². The predicted molar refractivity (Wildman–Crippen MR) is 66.3 cm³/mol. The van der Waals surface area contributed by atoms with Crippen LogP contribution in [0.1, 0.15) is 18.4 Å². The molecule has 0 atom stereocenters. The van der Waals surface area contributed by atoms with E-state index in [-0.39, 0.29) is 12.7 Å². The number of ether oxygens (including phenoxy) is 1. The molecule has 4 nitrogen and oxygen atoms in total. The van der Waals surface area contributed by atoms with Gasteiger partial charge < -0.3 is 14.7 Å². The molecule has 0 aliphatic carbocycles. The smallest absolute Gasteiger partial charge is 0.213 e. The maximum atomic E-state index is 9.11. The molecule has 0 unspecified atom stereocenters. The van der Waals surface area contributed by atoms with E-state index in [9.17, 15) is 0 Å². The first kappa shape index (κ1) is 12.6. The Bertz CT molecular complexity index is 379. The summed E-state index contributed by atoms with van der Waals surface area (Å²) in [5.74, 6) is 0.549. The highest BCUT2D eigenvalue weighted by Gasteiger charge is 2.18. The molecule has 1 aliphatic rings. The van der Waals surface area contributed by atoms with Gasteiger partial charge in [-0.3, -0.25) is 0 Å². The van der Waals surface area contributed by atoms with E-state index in [4.69, 9.17) is 21.4 Å². The fourth-order valence-electron chi connectivity index (χ4n) is 1.92. The Kier molecular flexibility index (Phi) is 4.20. The van der Waals surface area contributed by atoms with Gasteiger partial charge in [-0.15, -0.1) is 0 Å². The average Bonchev–Trinajstić information content (AvgIpc) is 2.34. The topological polar surface area (TPSA) is 45.6 Å². The van der Waals surface area contributed by atoms with E-state index < -0.39 is 0 Å². The molecule has 0 aromatic carbocycles. The van der Waals surface area contributed by atoms with Gasteiger partial charge in [0.2, 0.25) is 5.88 Å². The molecule has 1 saturated heterocycles. The van der Waals surface area contributed by atoms with Crippen molar-refractivity contribution >= 4 is 11.6 Å². The number of pyridine rings is 1. The van der Waals surface area contributed by atoms with Crippen LogP contribution in [0.3, 0.4) is 0 Å². The quantitative estimate of drug-likeness (QED) is 0.894. The van der Waals surface area contributed by atoms with Crippen LogP contribution in [0.2, 0.25) is 5.02 Å². The van der Waals surface area contributed by atoms with Crippen LogP contribution in [0, 0.1) is 0 Å². The zero-order chi connectivity index (χ0) is 12.3. The number of hydrogen-bond acceptors (Lipinski definition) is 4. The van der Waals surface area contributed by atoms with Gasteiger partial charge in [0.1, 0.15) is 6.10 Å². The monoisotopic (exact) mass is 256 g/mol. The summed E-state index contributed by atoms with van der Waals surface area (Å²) in [4.78, 5) is 6.41. The Morgan fingerprint density at radius 2 is 2.24 bits per heavy atom. The van der Waals surface area contributed by atoms with Gasteiger partial charge >= 0.3 is 0 Å². The molecule has 1 aromatic rings. The van der Waals surface area contributed by atoms with Crippen LogP contribution in [-0.4, -0.2) is 41.2 Å². The third-order valence-electron chi connectivity index (χ3n) is 3.03. The number of hydrogen-bond donors (Lipinski definition) is 1. The summed E-state index contributed by atoms with van der Waals surface area (Å²) in [6.07, 6.45) is 3.76. The summed E-state index contributed by atoms with van der Waals surface area (Å²) in [5, 5.41) is 9.58. The zero-order valence-electron chi connectivity index (χ0n) is 9.90. The van der Waals surface area contributed by atoms with Crippen LogP contribution in [0.15, 0.2) is 12.3 Å². The molecule has 1 aliphatic heterocycles. The van der Waals surface area contributed by atoms with E-state index in [2.05, 4.69) is 16.9 Å². The lowest BCUT2D eigenvalue weighted by molar-refractivity contribution is 0.109. The second-order valence-electron chi connectivity index (χ2n) is 4.39. The van der Waals surface area contributed by atoms with Crippen LogP contribution in [0.4, 0.5) is 0 Å². The van der Waals surface area contributed by atoms with Crippen molar-refractivity contribution in [3.8, 4) is 5.88 Å². The molecular weight excluding hydrogens is 240 g/mol. The number of aliphatic hydroxyl groups excluding tert-OH is 1. The van der Waals surface area contributed by atoms with Gasteiger partial charge in [0.05, 0.1) is 11.6 Å². The van der Waals surface area contributed by atoms with E-state index in [1.54, 1.807) is 6.07 Å². The van der Waals surface area contributed by atoms with E-state index in [0.717, 1.165) is 25.9 Å². The largest absolute Gasteiger partial charge is 0.474 e. The lowest BCUT2D eigenvalue weighted by Gasteiger charge is -2.29. The summed E-state index contributed by atoms with van der Waals surface area (Å²) in [5.41, 5.74) is 0.657. The fourth-order valence-corrected chi connectivity index (χ4v) is 2.08. The van der Waals surface area contributed by atoms with Gasteiger partial charge in [-0.1, -0.05) is 11.6 Å². The van der Waals surface area contributed by atoms with Crippen LogP contribution in [0.5, 0.6) is 5.88 Å². The van der Waals surface area contributed by atoms with Gasteiger partial charge in [0, 0.05) is 30.9 Å². The Morgan fingerprint density at radius 3 is 2.88 bits per heavy atom. The lowest BCUT2D eigenvalue weighted by Crippen LogP contribution is -2.35. The third-order valence-corrected chi connectivity index (χ3v) is 3.37. The minimum Gasteiger partial charge on any atom is -0.474 e. The summed E-state index contributed by atoms with van der Waals surface area (Å²) >= 11 is 5.87. The maximum absolute atomic E-state index is 9.11. The molecule has 2 rings (SSSR count). The number of aromatic nitrogens is 1. The van der Waals surface area contributed by atoms with Crippen molar-refractivity contribution in [3.63, 3.8) is 0 Å². The minimum atomic E-state index is -0.0921. The molecule has 1 aromatic heterocycles. The highest BCUT2D eigenvalue weighted by Crippen LogP contribution is 2.22. The van der Waals surface area contributed by atoms with Crippen LogP contribution >= 0.6 is 11.6 Å². The Labute approximate surface area is 106 Å². The summed E-state index contributed by atoms with van der Waals surface area (Å²) < 4.78 is 5.79. The van der Waals surface area contributed by atoms with Gasteiger partial charge in [0.15, 0.2) is 0 Å². The molecule has 0 amide bonds. The number of aliphatic hydroxyl groups is 1. The molecule has 0 radical (unpaired) electrons. The normalized spacial score (nSPS) is 18.3. The van der Waals surface area contributed by atoms with E-state index >= 15 is 0 Å². The van der Waals surface area contributed by atoms with Crippen molar-refractivity contribution in [1.29, 1.82) is 0 Å². The summed E-state index contributed by atoms with van der Waals surface area (Å²) in [7, 11) is 2.11. The molecule has 2 heterocycles. The van der Waals surface area contributed by atoms with E-state index in [1.165, 1.54) is 6.20 Å². The number of likely N-dealkylation sites (tertiary alicyclic amines) is 1. The first-order chi connectivity index (χ1) is 8.19. The molecule has 0 saturated carbocycles. The SMILES string of the molecule is CN1CCC(Oc2cc(CO)c(Cl)cn2)CC1. The zero-order valence-corrected chi connectivity index (χ0v) is 10.7. The van der Waals surface area contributed by atoms with Crippen molar-refractivity contribution in [1.82, 2.24) is 9.88 Å². The molecule has 17 heavy (non-hydrogen) atoms. The molecule has 5 heteroatoms. The van der Waals surface area contributed by atoms with Crippen LogP contribution < -0.4 is 4.74 Å². The molecule has 94 valence electrons. The second kappa shape index (κ2) is 5.67. The second-order valence-corrected chi connectivity index (χ2v) is 4.80. The summed E-state index contributed by atoms with van der Waals surface area (Å²) in [6.45, 7) is 2.00. The van der Waals surface area contributed by atoms with Crippen molar-refractivity contribution in [2.24, 2.45) is 0 Å². The Hall–Kier alpha value is -0.840.